The minimum atomic E-state index is -3.84. The van der Waals surface area contributed by atoms with Crippen LogP contribution in [0.1, 0.15) is 12.8 Å². The fraction of sp³-hybridized carbons (Fsp3) is 0.467. The lowest BCUT2D eigenvalue weighted by atomic mass is 9.97. The van der Waals surface area contributed by atoms with E-state index in [0.29, 0.717) is 12.8 Å². The fourth-order valence-electron chi connectivity index (χ4n) is 2.59. The number of benzene rings is 1. The number of rotatable bonds is 5. The molecule has 1 aliphatic rings. The molecule has 25 heavy (non-hydrogen) atoms. The summed E-state index contributed by atoms with van der Waals surface area (Å²) in [5.74, 6) is -1.20. The van der Waals surface area contributed by atoms with Gasteiger partial charge in [0.25, 0.3) is 0 Å². The number of carbonyl (C=O) groups is 2. The molecule has 1 amide bonds. The van der Waals surface area contributed by atoms with Crippen LogP contribution < -0.4 is 5.32 Å². The van der Waals surface area contributed by atoms with Crippen molar-refractivity contribution in [2.24, 2.45) is 5.92 Å². The Balaban J connectivity index is 2.02. The summed E-state index contributed by atoms with van der Waals surface area (Å²) in [6, 6.07) is 4.50. The van der Waals surface area contributed by atoms with Crippen LogP contribution in [0.3, 0.4) is 0 Å². The van der Waals surface area contributed by atoms with E-state index in [4.69, 9.17) is 23.2 Å². The van der Waals surface area contributed by atoms with E-state index in [0.717, 1.165) is 0 Å². The smallest absolute Gasteiger partial charge is 0.325 e. The van der Waals surface area contributed by atoms with E-state index >= 15 is 0 Å². The maximum Gasteiger partial charge on any atom is 0.325 e. The van der Waals surface area contributed by atoms with Crippen molar-refractivity contribution < 1.29 is 22.7 Å². The summed E-state index contributed by atoms with van der Waals surface area (Å²) in [4.78, 5) is 23.0. The van der Waals surface area contributed by atoms with Crippen LogP contribution >= 0.6 is 23.2 Å². The number of hydrogen-bond donors (Lipinski definition) is 1. The van der Waals surface area contributed by atoms with E-state index in [1.807, 2.05) is 0 Å². The molecule has 1 N–H and O–H groups in total. The monoisotopic (exact) mass is 408 g/mol. The van der Waals surface area contributed by atoms with Crippen LogP contribution in [0, 0.1) is 5.92 Å². The first-order valence-electron chi connectivity index (χ1n) is 7.56. The summed E-state index contributed by atoms with van der Waals surface area (Å²) in [7, 11) is -2.60. The molecule has 1 aromatic rings. The number of esters is 1. The number of methoxy groups -OCH3 is 1. The van der Waals surface area contributed by atoms with Gasteiger partial charge < -0.3 is 10.1 Å². The average Bonchev–Trinajstić information content (AvgIpc) is 2.59. The van der Waals surface area contributed by atoms with Crippen molar-refractivity contribution in [2.45, 2.75) is 17.7 Å². The predicted molar refractivity (Wildman–Crippen MR) is 93.0 cm³/mol. The normalized spacial score (nSPS) is 16.4. The molecule has 0 radical (unpaired) electrons. The lowest BCUT2D eigenvalue weighted by Crippen LogP contribution is -2.44. The lowest BCUT2D eigenvalue weighted by Gasteiger charge is -2.30. The van der Waals surface area contributed by atoms with Crippen molar-refractivity contribution in [2.75, 3.05) is 26.7 Å². The number of hydrogen-bond acceptors (Lipinski definition) is 5. The van der Waals surface area contributed by atoms with Crippen molar-refractivity contribution in [1.82, 2.24) is 9.62 Å². The Hall–Kier alpha value is -1.35. The van der Waals surface area contributed by atoms with Gasteiger partial charge in [-0.05, 0) is 25.0 Å². The Labute approximate surface area is 156 Å². The number of nitrogens with one attached hydrogen (secondary N) is 1. The van der Waals surface area contributed by atoms with Crippen LogP contribution in [0.4, 0.5) is 0 Å². The van der Waals surface area contributed by atoms with E-state index in [-0.39, 0.29) is 46.4 Å². The van der Waals surface area contributed by atoms with Crippen LogP contribution in [0.2, 0.25) is 10.0 Å². The molecule has 2 rings (SSSR count). The van der Waals surface area contributed by atoms with E-state index in [9.17, 15) is 18.0 Å². The molecule has 1 fully saturated rings. The van der Waals surface area contributed by atoms with Crippen molar-refractivity contribution in [1.29, 1.82) is 0 Å². The van der Waals surface area contributed by atoms with Crippen LogP contribution in [0.15, 0.2) is 23.1 Å². The molecule has 7 nitrogen and oxygen atoms in total. The number of nitrogens with zero attached hydrogens (tertiary/aromatic N) is 1. The second-order valence-electron chi connectivity index (χ2n) is 5.52. The largest absolute Gasteiger partial charge is 0.468 e. The lowest BCUT2D eigenvalue weighted by molar-refractivity contribution is -0.141. The molecule has 0 spiro atoms. The summed E-state index contributed by atoms with van der Waals surface area (Å²) in [6.07, 6.45) is 0.683. The Kier molecular flexibility index (Phi) is 6.67. The number of ether oxygens (including phenoxy) is 1. The first kappa shape index (κ1) is 20.0. The molecule has 0 aliphatic carbocycles. The molecular formula is C15H18Cl2N2O5S. The SMILES string of the molecule is COC(=O)CNC(=O)C1CCN(S(=O)(=O)c2c(Cl)cccc2Cl)CC1. The molecule has 0 bridgehead atoms. The predicted octanol–water partition coefficient (Wildman–Crippen LogP) is 1.68. The van der Waals surface area contributed by atoms with Gasteiger partial charge in [-0.2, -0.15) is 4.31 Å². The van der Waals surface area contributed by atoms with Crippen LogP contribution in [0.5, 0.6) is 0 Å². The molecule has 1 aromatic carbocycles. The molecule has 10 heteroatoms. The Bertz CT molecular complexity index is 741. The minimum Gasteiger partial charge on any atom is -0.468 e. The van der Waals surface area contributed by atoms with Gasteiger partial charge in [-0.3, -0.25) is 9.59 Å². The quantitative estimate of drug-likeness (QED) is 0.748. The third kappa shape index (κ3) is 4.63. The number of amides is 1. The standard InChI is InChI=1S/C15H18Cl2N2O5S/c1-24-13(20)9-18-15(21)10-5-7-19(8-6-10)25(22,23)14-11(16)3-2-4-12(14)17/h2-4,10H,5-9H2,1H3,(H,18,21). The summed E-state index contributed by atoms with van der Waals surface area (Å²) >= 11 is 12.0. The Morgan fingerprint density at radius 1 is 1.24 bits per heavy atom. The summed E-state index contributed by atoms with van der Waals surface area (Å²) in [5, 5.41) is 2.60. The molecule has 0 aromatic heterocycles. The number of piperidine rings is 1. The summed E-state index contributed by atoms with van der Waals surface area (Å²) < 4.78 is 31.2. The second-order valence-corrected chi connectivity index (χ2v) is 8.21. The molecule has 1 heterocycles. The molecule has 0 atom stereocenters. The van der Waals surface area contributed by atoms with Crippen LogP contribution in [-0.4, -0.2) is 51.3 Å². The average molecular weight is 409 g/mol. The molecular weight excluding hydrogens is 391 g/mol. The minimum absolute atomic E-state index is 0.0606. The molecule has 1 aliphatic heterocycles. The molecule has 0 saturated carbocycles. The summed E-state index contributed by atoms with van der Waals surface area (Å²) in [6.45, 7) is 0.128. The van der Waals surface area contributed by atoms with Gasteiger partial charge in [0.2, 0.25) is 15.9 Å². The van der Waals surface area contributed by atoms with Gasteiger partial charge in [-0.1, -0.05) is 29.3 Å². The zero-order valence-corrected chi connectivity index (χ0v) is 15.8. The molecule has 1 saturated heterocycles. The summed E-state index contributed by atoms with van der Waals surface area (Å²) in [5.41, 5.74) is 0. The number of sulfonamides is 1. The third-order valence-corrected chi connectivity index (χ3v) is 6.83. The second kappa shape index (κ2) is 8.35. The van der Waals surface area contributed by atoms with Gasteiger partial charge >= 0.3 is 5.97 Å². The molecule has 0 unspecified atom stereocenters. The highest BCUT2D eigenvalue weighted by atomic mass is 35.5. The zero-order chi connectivity index (χ0) is 18.6. The molecule has 138 valence electrons. The van der Waals surface area contributed by atoms with Crippen LogP contribution in [-0.2, 0) is 24.3 Å². The third-order valence-electron chi connectivity index (χ3n) is 3.98. The van der Waals surface area contributed by atoms with Crippen molar-refractivity contribution >= 4 is 45.1 Å². The highest BCUT2D eigenvalue weighted by molar-refractivity contribution is 7.89. The van der Waals surface area contributed by atoms with Gasteiger partial charge in [0.1, 0.15) is 11.4 Å². The number of halogens is 2. The van der Waals surface area contributed by atoms with Crippen molar-refractivity contribution in [3.05, 3.63) is 28.2 Å². The maximum absolute atomic E-state index is 12.8. The van der Waals surface area contributed by atoms with Gasteiger partial charge in [-0.25, -0.2) is 8.42 Å². The van der Waals surface area contributed by atoms with E-state index in [1.165, 1.54) is 23.5 Å². The van der Waals surface area contributed by atoms with Crippen molar-refractivity contribution in [3.63, 3.8) is 0 Å². The van der Waals surface area contributed by atoms with E-state index < -0.39 is 16.0 Å². The van der Waals surface area contributed by atoms with Gasteiger partial charge in [0.15, 0.2) is 0 Å². The first-order chi connectivity index (χ1) is 11.8. The highest BCUT2D eigenvalue weighted by Gasteiger charge is 2.34. The zero-order valence-electron chi connectivity index (χ0n) is 13.5. The first-order valence-corrected chi connectivity index (χ1v) is 9.75. The van der Waals surface area contributed by atoms with Gasteiger partial charge in [0.05, 0.1) is 17.2 Å². The maximum atomic E-state index is 12.8. The highest BCUT2D eigenvalue weighted by Crippen LogP contribution is 2.33. The number of carbonyl (C=O) groups excluding carboxylic acids is 2. The fourth-order valence-corrected chi connectivity index (χ4v) is 5.15. The van der Waals surface area contributed by atoms with E-state index in [1.54, 1.807) is 6.07 Å². The Morgan fingerprint density at radius 3 is 2.32 bits per heavy atom. The van der Waals surface area contributed by atoms with Gasteiger partial charge in [0, 0.05) is 19.0 Å². The van der Waals surface area contributed by atoms with E-state index in [2.05, 4.69) is 10.1 Å². The Morgan fingerprint density at radius 2 is 1.80 bits per heavy atom. The topological polar surface area (TPSA) is 92.8 Å². The van der Waals surface area contributed by atoms with Crippen molar-refractivity contribution in [3.8, 4) is 0 Å². The van der Waals surface area contributed by atoms with Crippen LogP contribution in [0.25, 0.3) is 0 Å². The van der Waals surface area contributed by atoms with Gasteiger partial charge in [-0.15, -0.1) is 0 Å².